The van der Waals surface area contributed by atoms with Crippen LogP contribution in [-0.4, -0.2) is 84.6 Å². The first kappa shape index (κ1) is 42.5. The zero-order chi connectivity index (χ0) is 45.7. The molecule has 1 aliphatic carbocycles. The molecule has 1 saturated carbocycles. The number of sulfone groups is 1. The number of nitrogens with zero attached hydrogens (tertiary/aromatic N) is 7. The highest BCUT2D eigenvalue weighted by Crippen LogP contribution is 2.56. The number of aryl methyl sites for hydroxylation is 3. The number of hydrogen-bond donors (Lipinski definition) is 1. The van der Waals surface area contributed by atoms with E-state index in [9.17, 15) is 18.0 Å². The average Bonchev–Trinajstić information content (AvgIpc) is 3.77. The minimum Gasteiger partial charge on any atom is -0.381 e. The number of H-pyrrole nitrogens is 1. The predicted octanol–water partition coefficient (Wildman–Crippen LogP) is 6.36. The SMILES string of the molecule is Cc1cc(-n2nc3c(c2-n2ccn(-c4ccc(CCS(C)(=O)=O)cc4F)c2=O)C(C)N(C(=O)c2cc4cc(C5CCOCC5)ccc4n2C2(c4noc(=O)[nH]4)CC2C)CC3)cc(C)c1F. The van der Waals surface area contributed by atoms with Gasteiger partial charge < -0.3 is 14.2 Å². The van der Waals surface area contributed by atoms with Crippen LogP contribution in [0.15, 0.2) is 81.1 Å². The van der Waals surface area contributed by atoms with Crippen LogP contribution in [0.5, 0.6) is 0 Å². The number of fused-ring (bicyclic) bond motifs is 2. The van der Waals surface area contributed by atoms with Crippen molar-refractivity contribution >= 4 is 26.6 Å². The summed E-state index contributed by atoms with van der Waals surface area (Å²) in [6, 6.07) is 15.1. The quantitative estimate of drug-likeness (QED) is 0.164. The molecule has 3 unspecified atom stereocenters. The molecular weight excluding hydrogens is 859 g/mol. The normalized spacial score (nSPS) is 20.1. The number of hydrogen-bond acceptors (Lipinski definition) is 9. The van der Waals surface area contributed by atoms with E-state index < -0.39 is 38.7 Å². The molecule has 18 heteroatoms. The molecule has 0 bridgehead atoms. The first-order valence-electron chi connectivity index (χ1n) is 21.8. The highest BCUT2D eigenvalue weighted by atomic mass is 32.2. The van der Waals surface area contributed by atoms with Crippen molar-refractivity contribution in [1.29, 1.82) is 0 Å². The second-order valence-electron chi connectivity index (χ2n) is 17.9. The maximum absolute atomic E-state index is 15.8. The first-order valence-corrected chi connectivity index (χ1v) is 23.9. The van der Waals surface area contributed by atoms with Crippen LogP contribution in [0, 0.1) is 31.4 Å². The van der Waals surface area contributed by atoms with Crippen molar-refractivity contribution in [3.05, 3.63) is 145 Å². The summed E-state index contributed by atoms with van der Waals surface area (Å²) in [5, 5.41) is 10.0. The van der Waals surface area contributed by atoms with E-state index in [-0.39, 0.29) is 42.0 Å². The molecule has 4 aromatic heterocycles. The number of amides is 1. The lowest BCUT2D eigenvalue weighted by molar-refractivity contribution is 0.0663. The van der Waals surface area contributed by atoms with E-state index in [4.69, 9.17) is 14.4 Å². The molecule has 3 atom stereocenters. The molecular formula is C47H48F2N8O7S. The minimum absolute atomic E-state index is 0.0113. The third-order valence-electron chi connectivity index (χ3n) is 13.7. The largest absolute Gasteiger partial charge is 0.438 e. The van der Waals surface area contributed by atoms with Gasteiger partial charge >= 0.3 is 11.4 Å². The van der Waals surface area contributed by atoms with Crippen LogP contribution >= 0.6 is 0 Å². The highest BCUT2D eigenvalue weighted by molar-refractivity contribution is 7.90. The van der Waals surface area contributed by atoms with E-state index in [0.29, 0.717) is 82.9 Å². The Kier molecular flexibility index (Phi) is 10.2. The molecule has 0 spiro atoms. The van der Waals surface area contributed by atoms with Gasteiger partial charge in [-0.25, -0.2) is 31.5 Å². The first-order chi connectivity index (χ1) is 31.0. The summed E-state index contributed by atoms with van der Waals surface area (Å²) in [7, 11) is -3.29. The van der Waals surface area contributed by atoms with Crippen LogP contribution in [0.4, 0.5) is 8.78 Å². The van der Waals surface area contributed by atoms with Gasteiger partial charge in [0.05, 0.1) is 28.9 Å². The molecule has 1 amide bonds. The molecule has 1 N–H and O–H groups in total. The number of carbonyl (C=O) groups excluding carboxylic acids is 1. The van der Waals surface area contributed by atoms with Gasteiger partial charge in [-0.05, 0) is 123 Å². The molecule has 338 valence electrons. The maximum atomic E-state index is 15.8. The van der Waals surface area contributed by atoms with E-state index in [1.54, 1.807) is 41.6 Å². The van der Waals surface area contributed by atoms with Gasteiger partial charge in [-0.15, -0.1) is 0 Å². The van der Waals surface area contributed by atoms with Crippen LogP contribution in [-0.2, 0) is 33.0 Å². The van der Waals surface area contributed by atoms with Gasteiger partial charge in [0.15, 0.2) is 5.82 Å². The fraction of sp³-hybridized carbons (Fsp3) is 0.383. The summed E-state index contributed by atoms with van der Waals surface area (Å²) in [6.07, 6.45) is 6.87. The lowest BCUT2D eigenvalue weighted by atomic mass is 9.91. The van der Waals surface area contributed by atoms with Gasteiger partial charge in [0.25, 0.3) is 5.91 Å². The maximum Gasteiger partial charge on any atom is 0.438 e. The molecule has 6 heterocycles. The molecule has 0 radical (unpaired) electrons. The highest BCUT2D eigenvalue weighted by Gasteiger charge is 2.59. The number of nitrogens with one attached hydrogen (secondary N) is 1. The number of rotatable bonds is 10. The van der Waals surface area contributed by atoms with E-state index in [2.05, 4.69) is 22.3 Å². The number of carbonyl (C=O) groups is 1. The van der Waals surface area contributed by atoms with Crippen molar-refractivity contribution in [1.82, 2.24) is 38.5 Å². The molecule has 2 aliphatic heterocycles. The Morgan fingerprint density at radius 1 is 0.969 bits per heavy atom. The van der Waals surface area contributed by atoms with Crippen molar-refractivity contribution in [2.75, 3.05) is 31.8 Å². The lowest BCUT2D eigenvalue weighted by Crippen LogP contribution is -2.41. The van der Waals surface area contributed by atoms with Crippen LogP contribution in [0.25, 0.3) is 28.1 Å². The fourth-order valence-electron chi connectivity index (χ4n) is 10.1. The molecule has 15 nitrogen and oxygen atoms in total. The zero-order valence-electron chi connectivity index (χ0n) is 36.6. The van der Waals surface area contributed by atoms with Gasteiger partial charge in [0.2, 0.25) is 0 Å². The van der Waals surface area contributed by atoms with Gasteiger partial charge in [-0.3, -0.25) is 23.4 Å². The minimum atomic E-state index is -3.29. The van der Waals surface area contributed by atoms with Gasteiger partial charge in [0.1, 0.15) is 38.5 Å². The standard InChI is InChI=1S/C47H48F2N8O7S/c1-26-20-34(21-27(2)41(26)49)57-42(55-16-15-54(46(55)60)38-8-6-30(22-35(38)48)13-19-65(5,61)62)40-29(4)53(14-10-36(40)51-57)43(58)39-24-33-23-32(31-11-17-63-18-12-31)7-9-37(33)56(39)47(25-28(47)3)44-50-45(59)64-52-44/h6-9,15-16,20-24,28-29,31H,10-14,17-19,25H2,1-5H3,(H,50,52,59). The molecule has 2 fully saturated rings. The summed E-state index contributed by atoms with van der Waals surface area (Å²) in [5.74, 6) is -1.28. The third-order valence-corrected chi connectivity index (χ3v) is 14.6. The van der Waals surface area contributed by atoms with Gasteiger partial charge in [-0.2, -0.15) is 5.10 Å². The van der Waals surface area contributed by atoms with Crippen LogP contribution in [0.1, 0.15) is 94.9 Å². The van der Waals surface area contributed by atoms with Crippen LogP contribution in [0.3, 0.4) is 0 Å². The van der Waals surface area contributed by atoms with E-state index in [1.807, 2.05) is 30.5 Å². The van der Waals surface area contributed by atoms with Gasteiger partial charge in [0, 0.05) is 61.3 Å². The van der Waals surface area contributed by atoms with Crippen molar-refractivity contribution in [3.63, 3.8) is 0 Å². The van der Waals surface area contributed by atoms with Crippen molar-refractivity contribution in [2.45, 2.75) is 77.3 Å². The molecule has 3 aliphatic rings. The Bertz CT molecular complexity index is 3280. The summed E-state index contributed by atoms with van der Waals surface area (Å²) >= 11 is 0. The fourth-order valence-corrected chi connectivity index (χ4v) is 10.7. The number of aromatic amines is 1. The number of ether oxygens (including phenoxy) is 1. The van der Waals surface area contributed by atoms with Crippen molar-refractivity contribution in [3.8, 4) is 17.2 Å². The van der Waals surface area contributed by atoms with Gasteiger partial charge in [-0.1, -0.05) is 24.2 Å². The van der Waals surface area contributed by atoms with Crippen LogP contribution in [0.2, 0.25) is 0 Å². The van der Waals surface area contributed by atoms with Crippen LogP contribution < -0.4 is 11.4 Å². The third kappa shape index (κ3) is 7.17. The Balaban J connectivity index is 1.10. The Labute approximate surface area is 372 Å². The lowest BCUT2D eigenvalue weighted by Gasteiger charge is -2.34. The van der Waals surface area contributed by atoms with E-state index >= 15 is 13.6 Å². The molecule has 3 aromatic carbocycles. The number of halogens is 2. The summed E-state index contributed by atoms with van der Waals surface area (Å²) in [4.78, 5) is 46.9. The summed E-state index contributed by atoms with van der Waals surface area (Å²) < 4.78 is 71.2. The van der Waals surface area contributed by atoms with E-state index in [0.717, 1.165) is 40.1 Å². The monoisotopic (exact) mass is 906 g/mol. The molecule has 65 heavy (non-hydrogen) atoms. The molecule has 7 aromatic rings. The summed E-state index contributed by atoms with van der Waals surface area (Å²) in [6.45, 7) is 8.85. The smallest absolute Gasteiger partial charge is 0.381 e. The van der Waals surface area contributed by atoms with Crippen molar-refractivity contribution in [2.24, 2.45) is 5.92 Å². The molecule has 10 rings (SSSR count). The average molecular weight is 907 g/mol. The Morgan fingerprint density at radius 3 is 2.35 bits per heavy atom. The molecule has 1 saturated heterocycles. The Hall–Kier alpha value is -6.40. The summed E-state index contributed by atoms with van der Waals surface area (Å²) in [5.41, 5.74) is 3.73. The number of benzene rings is 3. The second-order valence-corrected chi connectivity index (χ2v) is 20.2. The van der Waals surface area contributed by atoms with E-state index in [1.165, 1.54) is 29.1 Å². The number of aromatic nitrogens is 7. The second kappa shape index (κ2) is 15.6. The predicted molar refractivity (Wildman–Crippen MR) is 237 cm³/mol. The Morgan fingerprint density at radius 2 is 1.69 bits per heavy atom. The topological polar surface area (TPSA) is 172 Å². The van der Waals surface area contributed by atoms with Crippen molar-refractivity contribution < 1.29 is 31.3 Å². The zero-order valence-corrected chi connectivity index (χ0v) is 37.4. The number of imidazole rings is 1.